The molecule has 1 amide bonds. The van der Waals surface area contributed by atoms with E-state index in [1.54, 1.807) is 7.05 Å². The molecule has 3 rings (SSSR count). The molecule has 0 unspecified atom stereocenters. The van der Waals surface area contributed by atoms with E-state index in [-0.39, 0.29) is 22.5 Å². The van der Waals surface area contributed by atoms with Gasteiger partial charge in [0, 0.05) is 31.8 Å². The number of halogens is 1. The van der Waals surface area contributed by atoms with Crippen molar-refractivity contribution in [2.24, 2.45) is 14.1 Å². The van der Waals surface area contributed by atoms with Gasteiger partial charge in [0.2, 0.25) is 0 Å². The minimum absolute atomic E-state index is 0.218. The van der Waals surface area contributed by atoms with Crippen LogP contribution in [0, 0.1) is 0 Å². The molecular weight excluding hydrogens is 428 g/mol. The van der Waals surface area contributed by atoms with E-state index < -0.39 is 11.2 Å². The van der Waals surface area contributed by atoms with Crippen molar-refractivity contribution in [2.75, 3.05) is 20.2 Å². The van der Waals surface area contributed by atoms with E-state index in [9.17, 15) is 14.4 Å². The molecule has 0 radical (unpaired) electrons. The monoisotopic (exact) mass is 446 g/mol. The lowest BCUT2D eigenvalue weighted by atomic mass is 10.2. The number of carbonyl (C=O) groups is 1. The number of fused-ring (bicyclic) bond motifs is 1. The fraction of sp³-hybridized carbons (Fsp3) is 0.263. The topological polar surface area (TPSA) is 86.4 Å². The number of aryl methyl sites for hydroxylation is 1. The second-order valence-electron chi connectivity index (χ2n) is 6.33. The lowest BCUT2D eigenvalue weighted by Crippen LogP contribution is -2.37. The van der Waals surface area contributed by atoms with Crippen LogP contribution < -0.4 is 16.0 Å². The first-order valence-electron chi connectivity index (χ1n) is 8.49. The Morgan fingerprint density at radius 3 is 2.54 bits per heavy atom. The predicted molar refractivity (Wildman–Crippen MR) is 109 cm³/mol. The summed E-state index contributed by atoms with van der Waals surface area (Å²) < 4.78 is 8.86. The third-order valence-electron chi connectivity index (χ3n) is 4.40. The van der Waals surface area contributed by atoms with Crippen LogP contribution in [0.4, 0.5) is 0 Å². The molecule has 0 fully saturated rings. The molecule has 0 aliphatic carbocycles. The minimum Gasteiger partial charge on any atom is -0.492 e. The number of rotatable bonds is 5. The number of benzene rings is 1. The molecule has 2 heterocycles. The maximum atomic E-state index is 12.7. The molecular formula is C19H19BrN4O4. The fourth-order valence-corrected chi connectivity index (χ4v) is 3.00. The van der Waals surface area contributed by atoms with Gasteiger partial charge in [0.25, 0.3) is 11.5 Å². The maximum Gasteiger partial charge on any atom is 0.332 e. The molecule has 146 valence electrons. The first-order chi connectivity index (χ1) is 13.3. The average molecular weight is 447 g/mol. The third-order valence-corrected chi connectivity index (χ3v) is 4.92. The number of pyridine rings is 1. The molecule has 8 nitrogen and oxygen atoms in total. The van der Waals surface area contributed by atoms with E-state index in [0.29, 0.717) is 18.9 Å². The number of aromatic nitrogens is 3. The van der Waals surface area contributed by atoms with Crippen LogP contribution >= 0.6 is 15.9 Å². The van der Waals surface area contributed by atoms with Gasteiger partial charge >= 0.3 is 5.69 Å². The summed E-state index contributed by atoms with van der Waals surface area (Å²) >= 11 is 3.36. The number of hydrogen-bond acceptors (Lipinski definition) is 5. The molecule has 0 aliphatic rings. The fourth-order valence-electron chi connectivity index (χ4n) is 2.74. The Labute approximate surface area is 169 Å². The van der Waals surface area contributed by atoms with E-state index in [0.717, 1.165) is 9.04 Å². The van der Waals surface area contributed by atoms with Crippen molar-refractivity contribution in [2.45, 2.75) is 0 Å². The maximum absolute atomic E-state index is 12.7. The SMILES string of the molecule is CN(CCOc1ccc(Br)cc1)C(=O)c1cnc2c(c1)c(=O)n(C)c(=O)n2C. The molecule has 3 aromatic rings. The molecule has 0 atom stereocenters. The predicted octanol–water partition coefficient (Wildman–Crippen LogP) is 1.55. The van der Waals surface area contributed by atoms with Gasteiger partial charge in [0.15, 0.2) is 0 Å². The number of likely N-dealkylation sites (N-methyl/N-ethyl adjacent to an activating group) is 1. The third kappa shape index (κ3) is 3.84. The smallest absolute Gasteiger partial charge is 0.332 e. The van der Waals surface area contributed by atoms with Crippen molar-refractivity contribution in [1.82, 2.24) is 19.0 Å². The summed E-state index contributed by atoms with van der Waals surface area (Å²) in [6.45, 7) is 0.680. The minimum atomic E-state index is -0.485. The first-order valence-corrected chi connectivity index (χ1v) is 9.28. The molecule has 0 spiro atoms. The highest BCUT2D eigenvalue weighted by molar-refractivity contribution is 9.10. The summed E-state index contributed by atoms with van der Waals surface area (Å²) in [5, 5.41) is 0.218. The van der Waals surface area contributed by atoms with Crippen molar-refractivity contribution in [3.05, 3.63) is 67.4 Å². The molecule has 0 saturated carbocycles. The van der Waals surface area contributed by atoms with Crippen molar-refractivity contribution in [3.63, 3.8) is 0 Å². The van der Waals surface area contributed by atoms with Crippen molar-refractivity contribution >= 4 is 32.9 Å². The van der Waals surface area contributed by atoms with Gasteiger partial charge in [-0.1, -0.05) is 15.9 Å². The summed E-state index contributed by atoms with van der Waals surface area (Å²) in [7, 11) is 4.57. The second-order valence-corrected chi connectivity index (χ2v) is 7.25. The number of ether oxygens (including phenoxy) is 1. The highest BCUT2D eigenvalue weighted by Crippen LogP contribution is 2.16. The van der Waals surface area contributed by atoms with Gasteiger partial charge in [-0.05, 0) is 30.3 Å². The van der Waals surface area contributed by atoms with E-state index >= 15 is 0 Å². The molecule has 9 heteroatoms. The van der Waals surface area contributed by atoms with E-state index in [2.05, 4.69) is 20.9 Å². The number of carbonyl (C=O) groups excluding carboxylic acids is 1. The lowest BCUT2D eigenvalue weighted by molar-refractivity contribution is 0.0773. The van der Waals surface area contributed by atoms with Crippen molar-refractivity contribution in [1.29, 1.82) is 0 Å². The lowest BCUT2D eigenvalue weighted by Gasteiger charge is -2.18. The largest absolute Gasteiger partial charge is 0.492 e. The van der Waals surface area contributed by atoms with Gasteiger partial charge in [-0.3, -0.25) is 18.7 Å². The van der Waals surface area contributed by atoms with E-state index in [1.165, 1.54) is 35.8 Å². The number of amides is 1. The molecule has 0 aliphatic heterocycles. The van der Waals surface area contributed by atoms with Crippen LogP contribution in [-0.2, 0) is 14.1 Å². The van der Waals surface area contributed by atoms with Crippen LogP contribution in [0.15, 0.2) is 50.6 Å². The van der Waals surface area contributed by atoms with Gasteiger partial charge in [-0.2, -0.15) is 0 Å². The Kier molecular flexibility index (Phi) is 5.64. The normalized spacial score (nSPS) is 10.9. The summed E-state index contributed by atoms with van der Waals surface area (Å²) in [6.07, 6.45) is 1.37. The quantitative estimate of drug-likeness (QED) is 0.593. The standard InChI is InChI=1S/C19H19BrN4O4/c1-22(8-9-28-14-6-4-13(20)5-7-14)17(25)12-10-15-16(21-11-12)23(2)19(27)24(3)18(15)26/h4-7,10-11H,8-9H2,1-3H3. The van der Waals surface area contributed by atoms with Gasteiger partial charge < -0.3 is 9.64 Å². The van der Waals surface area contributed by atoms with E-state index in [1.807, 2.05) is 24.3 Å². The van der Waals surface area contributed by atoms with Crippen LogP contribution in [0.25, 0.3) is 11.0 Å². The summed E-state index contributed by atoms with van der Waals surface area (Å²) in [6, 6.07) is 8.88. The zero-order chi connectivity index (χ0) is 20.4. The summed E-state index contributed by atoms with van der Waals surface area (Å²) in [5.74, 6) is 0.422. The van der Waals surface area contributed by atoms with Crippen LogP contribution in [0.1, 0.15) is 10.4 Å². The van der Waals surface area contributed by atoms with Gasteiger partial charge in [0.05, 0.1) is 17.5 Å². The van der Waals surface area contributed by atoms with E-state index in [4.69, 9.17) is 4.74 Å². The first kappa shape index (κ1) is 19.8. The number of hydrogen-bond donors (Lipinski definition) is 0. The van der Waals surface area contributed by atoms with Crippen LogP contribution in [0.3, 0.4) is 0 Å². The summed E-state index contributed by atoms with van der Waals surface area (Å²) in [4.78, 5) is 42.7. The Hall–Kier alpha value is -2.94. The molecule has 0 saturated heterocycles. The molecule has 1 aromatic carbocycles. The zero-order valence-corrected chi connectivity index (χ0v) is 17.3. The van der Waals surface area contributed by atoms with Crippen molar-refractivity contribution < 1.29 is 9.53 Å². The van der Waals surface area contributed by atoms with Crippen LogP contribution in [0.2, 0.25) is 0 Å². The highest BCUT2D eigenvalue weighted by atomic mass is 79.9. The highest BCUT2D eigenvalue weighted by Gasteiger charge is 2.16. The average Bonchev–Trinajstić information content (AvgIpc) is 2.71. The Morgan fingerprint density at radius 1 is 1.18 bits per heavy atom. The Balaban J connectivity index is 1.76. The molecule has 28 heavy (non-hydrogen) atoms. The van der Waals surface area contributed by atoms with Gasteiger partial charge in [-0.25, -0.2) is 9.78 Å². The Bertz CT molecular complexity index is 1150. The zero-order valence-electron chi connectivity index (χ0n) is 15.7. The molecule has 0 bridgehead atoms. The van der Waals surface area contributed by atoms with Gasteiger partial charge in [0.1, 0.15) is 18.0 Å². The van der Waals surface area contributed by atoms with Crippen LogP contribution in [0.5, 0.6) is 5.75 Å². The second kappa shape index (κ2) is 7.97. The Morgan fingerprint density at radius 2 is 1.86 bits per heavy atom. The van der Waals surface area contributed by atoms with Crippen LogP contribution in [-0.4, -0.2) is 45.1 Å². The number of nitrogens with zero attached hydrogens (tertiary/aromatic N) is 4. The van der Waals surface area contributed by atoms with Gasteiger partial charge in [-0.15, -0.1) is 0 Å². The van der Waals surface area contributed by atoms with Crippen molar-refractivity contribution in [3.8, 4) is 5.75 Å². The molecule has 0 N–H and O–H groups in total. The summed E-state index contributed by atoms with van der Waals surface area (Å²) in [5.41, 5.74) is -0.437. The molecule has 2 aromatic heterocycles.